The van der Waals surface area contributed by atoms with Crippen molar-refractivity contribution in [2.75, 3.05) is 4.90 Å². The van der Waals surface area contributed by atoms with Crippen molar-refractivity contribution < 1.29 is 4.79 Å². The molecular weight excluding hydrogens is 402 g/mol. The van der Waals surface area contributed by atoms with E-state index >= 15 is 0 Å². The highest BCUT2D eigenvalue weighted by molar-refractivity contribution is 5.85. The van der Waals surface area contributed by atoms with E-state index < -0.39 is 0 Å². The summed E-state index contributed by atoms with van der Waals surface area (Å²) in [6.45, 7) is 17.4. The van der Waals surface area contributed by atoms with Crippen LogP contribution in [0.4, 0.5) is 11.4 Å². The van der Waals surface area contributed by atoms with E-state index in [1.54, 1.807) is 0 Å². The quantitative estimate of drug-likeness (QED) is 0.277. The van der Waals surface area contributed by atoms with E-state index in [2.05, 4.69) is 107 Å². The average molecular weight is 438 g/mol. The molecule has 3 aromatic rings. The van der Waals surface area contributed by atoms with Gasteiger partial charge in [-0.2, -0.15) is 0 Å². The van der Waals surface area contributed by atoms with Crippen LogP contribution in [0.5, 0.6) is 0 Å². The Labute approximate surface area is 199 Å². The van der Waals surface area contributed by atoms with Crippen LogP contribution in [0.25, 0.3) is 11.1 Å². The van der Waals surface area contributed by atoms with Crippen LogP contribution in [0.1, 0.15) is 58.2 Å². The van der Waals surface area contributed by atoms with Gasteiger partial charge in [0, 0.05) is 34.2 Å². The normalized spacial score (nSPS) is 15.8. The Bertz CT molecular complexity index is 1190. The van der Waals surface area contributed by atoms with E-state index in [0.717, 1.165) is 17.7 Å². The molecule has 0 fully saturated rings. The number of hydrogen-bond donors (Lipinski definition) is 0. The second kappa shape index (κ2) is 8.33. The lowest BCUT2D eigenvalue weighted by molar-refractivity contribution is -0.111. The standard InChI is InChI=1S/C31H35NO/c1-8-30(4,5)28-18-25-24-16-12-13-17-26(24)31(6,7)27(25)19-29(28)32(22(3)21(2)20-33)23-14-10-9-11-15-23/h8-22H,1H2,2-7H3/t21?,22-/m0/s1. The van der Waals surface area contributed by atoms with Gasteiger partial charge in [0.25, 0.3) is 0 Å². The van der Waals surface area contributed by atoms with Gasteiger partial charge in [-0.3, -0.25) is 0 Å². The molecule has 0 N–H and O–H groups in total. The van der Waals surface area contributed by atoms with Crippen LogP contribution in [0.3, 0.4) is 0 Å². The fourth-order valence-corrected chi connectivity index (χ4v) is 5.09. The summed E-state index contributed by atoms with van der Waals surface area (Å²) in [4.78, 5) is 14.2. The molecule has 2 heteroatoms. The highest BCUT2D eigenvalue weighted by Gasteiger charge is 2.38. The molecule has 0 aromatic heterocycles. The molecule has 0 saturated carbocycles. The number of hydrogen-bond acceptors (Lipinski definition) is 2. The molecule has 170 valence electrons. The van der Waals surface area contributed by atoms with Gasteiger partial charge in [-0.15, -0.1) is 6.58 Å². The zero-order valence-electron chi connectivity index (χ0n) is 20.7. The lowest BCUT2D eigenvalue weighted by Gasteiger charge is -2.38. The van der Waals surface area contributed by atoms with Crippen LogP contribution in [0.2, 0.25) is 0 Å². The zero-order valence-corrected chi connectivity index (χ0v) is 20.7. The lowest BCUT2D eigenvalue weighted by Crippen LogP contribution is -2.36. The van der Waals surface area contributed by atoms with Crippen LogP contribution in [-0.4, -0.2) is 12.3 Å². The second-order valence-electron chi connectivity index (χ2n) is 10.5. The van der Waals surface area contributed by atoms with Gasteiger partial charge >= 0.3 is 0 Å². The molecule has 0 heterocycles. The Morgan fingerprint density at radius 2 is 1.55 bits per heavy atom. The second-order valence-corrected chi connectivity index (χ2v) is 10.5. The molecule has 1 aliphatic carbocycles. The topological polar surface area (TPSA) is 20.3 Å². The van der Waals surface area contributed by atoms with Crippen molar-refractivity contribution in [1.29, 1.82) is 0 Å². The van der Waals surface area contributed by atoms with Gasteiger partial charge in [-0.05, 0) is 59.0 Å². The molecule has 2 atom stereocenters. The number of fused-ring (bicyclic) bond motifs is 3. The maximum atomic E-state index is 11.8. The molecule has 3 aromatic carbocycles. The molecule has 33 heavy (non-hydrogen) atoms. The first-order valence-electron chi connectivity index (χ1n) is 11.9. The third-order valence-electron chi connectivity index (χ3n) is 7.58. The summed E-state index contributed by atoms with van der Waals surface area (Å²) in [6, 6.07) is 23.9. The van der Waals surface area contributed by atoms with Crippen molar-refractivity contribution in [3.8, 4) is 11.1 Å². The van der Waals surface area contributed by atoms with E-state index in [1.165, 1.54) is 27.8 Å². The summed E-state index contributed by atoms with van der Waals surface area (Å²) in [5, 5.41) is 0. The van der Waals surface area contributed by atoms with E-state index in [0.29, 0.717) is 0 Å². The predicted octanol–water partition coefficient (Wildman–Crippen LogP) is 7.82. The zero-order chi connectivity index (χ0) is 24.0. The smallest absolute Gasteiger partial charge is 0.124 e. The summed E-state index contributed by atoms with van der Waals surface area (Å²) in [6.07, 6.45) is 3.09. The van der Waals surface area contributed by atoms with Crippen LogP contribution < -0.4 is 4.90 Å². The molecule has 2 nitrogen and oxygen atoms in total. The monoisotopic (exact) mass is 437 g/mol. The van der Waals surface area contributed by atoms with E-state index in [9.17, 15) is 4.79 Å². The third kappa shape index (κ3) is 3.72. The van der Waals surface area contributed by atoms with Crippen molar-refractivity contribution in [1.82, 2.24) is 0 Å². The van der Waals surface area contributed by atoms with Gasteiger partial charge in [-0.25, -0.2) is 0 Å². The molecule has 0 aliphatic heterocycles. The number of carbonyl (C=O) groups excluding carboxylic acids is 1. The Balaban J connectivity index is 2.06. The summed E-state index contributed by atoms with van der Waals surface area (Å²) >= 11 is 0. The predicted molar refractivity (Wildman–Crippen MR) is 140 cm³/mol. The fourth-order valence-electron chi connectivity index (χ4n) is 5.09. The van der Waals surface area contributed by atoms with Crippen molar-refractivity contribution >= 4 is 17.7 Å². The lowest BCUT2D eigenvalue weighted by atomic mass is 9.78. The van der Waals surface area contributed by atoms with Crippen molar-refractivity contribution in [3.63, 3.8) is 0 Å². The SMILES string of the molecule is C=CC(C)(C)c1cc2c(cc1N(c1ccccc1)[C@@H](C)C(C)C=O)C(C)(C)c1ccccc1-2. The number of rotatable bonds is 7. The van der Waals surface area contributed by atoms with E-state index in [-0.39, 0.29) is 22.8 Å². The molecule has 0 bridgehead atoms. The summed E-state index contributed by atoms with van der Waals surface area (Å²) in [5.74, 6) is -0.122. The first kappa shape index (κ1) is 23.0. The van der Waals surface area contributed by atoms with Crippen molar-refractivity contribution in [3.05, 3.63) is 96.1 Å². The third-order valence-corrected chi connectivity index (χ3v) is 7.58. The van der Waals surface area contributed by atoms with E-state index in [4.69, 9.17) is 0 Å². The van der Waals surface area contributed by atoms with Gasteiger partial charge in [0.2, 0.25) is 0 Å². The number of nitrogens with zero attached hydrogens (tertiary/aromatic N) is 1. The first-order valence-corrected chi connectivity index (χ1v) is 11.9. The fraction of sp³-hybridized carbons (Fsp3) is 0.323. The van der Waals surface area contributed by atoms with Gasteiger partial charge < -0.3 is 9.69 Å². The summed E-state index contributed by atoms with van der Waals surface area (Å²) in [5.41, 5.74) is 8.41. The molecule has 1 aliphatic rings. The van der Waals surface area contributed by atoms with Crippen LogP contribution in [0.15, 0.2) is 79.4 Å². The van der Waals surface area contributed by atoms with Crippen LogP contribution >= 0.6 is 0 Å². The molecule has 0 radical (unpaired) electrons. The van der Waals surface area contributed by atoms with Crippen LogP contribution in [0, 0.1) is 5.92 Å². The van der Waals surface area contributed by atoms with Gasteiger partial charge in [0.15, 0.2) is 0 Å². The number of aldehydes is 1. The Morgan fingerprint density at radius 3 is 2.18 bits per heavy atom. The molecule has 0 saturated heterocycles. The summed E-state index contributed by atoms with van der Waals surface area (Å²) < 4.78 is 0. The highest BCUT2D eigenvalue weighted by atomic mass is 16.1. The number of allylic oxidation sites excluding steroid dienone is 1. The van der Waals surface area contributed by atoms with E-state index in [1.807, 2.05) is 19.1 Å². The highest BCUT2D eigenvalue weighted by Crippen LogP contribution is 2.52. The number of anilines is 2. The molecule has 4 rings (SSSR count). The largest absolute Gasteiger partial charge is 0.338 e. The Morgan fingerprint density at radius 1 is 0.909 bits per heavy atom. The minimum atomic E-state index is -0.247. The average Bonchev–Trinajstić information content (AvgIpc) is 3.05. The molecule has 1 unspecified atom stereocenters. The van der Waals surface area contributed by atoms with Crippen molar-refractivity contribution in [2.24, 2.45) is 5.92 Å². The van der Waals surface area contributed by atoms with Gasteiger partial charge in [0.05, 0.1) is 0 Å². The molecular formula is C31H35NO. The minimum Gasteiger partial charge on any atom is -0.338 e. The maximum Gasteiger partial charge on any atom is 0.124 e. The van der Waals surface area contributed by atoms with Gasteiger partial charge in [-0.1, -0.05) is 83.2 Å². The van der Waals surface area contributed by atoms with Crippen LogP contribution in [-0.2, 0) is 15.6 Å². The first-order chi connectivity index (χ1) is 15.6. The van der Waals surface area contributed by atoms with Crippen molar-refractivity contribution in [2.45, 2.75) is 58.4 Å². The Hall–Kier alpha value is -3.13. The maximum absolute atomic E-state index is 11.8. The minimum absolute atomic E-state index is 0.00536. The Kier molecular flexibility index (Phi) is 5.82. The van der Waals surface area contributed by atoms with Gasteiger partial charge in [0.1, 0.15) is 6.29 Å². The number of benzene rings is 3. The number of para-hydroxylation sites is 1. The molecule has 0 amide bonds. The molecule has 0 spiro atoms. The number of carbonyl (C=O) groups is 1. The summed E-state index contributed by atoms with van der Waals surface area (Å²) in [7, 11) is 0.